The van der Waals surface area contributed by atoms with Gasteiger partial charge in [-0.2, -0.15) is 0 Å². The predicted octanol–water partition coefficient (Wildman–Crippen LogP) is 2.79. The van der Waals surface area contributed by atoms with Crippen LogP contribution in [0.3, 0.4) is 0 Å². The maximum Gasteiger partial charge on any atom is 0.214 e. The molecule has 0 radical (unpaired) electrons. The summed E-state index contributed by atoms with van der Waals surface area (Å²) in [6.07, 6.45) is 0.234. The first kappa shape index (κ1) is 11.2. The zero-order valence-corrected chi connectivity index (χ0v) is 9.55. The average molecular weight is 260 g/mol. The van der Waals surface area contributed by atoms with Gasteiger partial charge >= 0.3 is 0 Å². The summed E-state index contributed by atoms with van der Waals surface area (Å²) in [5.41, 5.74) is 0.317. The summed E-state index contributed by atoms with van der Waals surface area (Å²) in [6, 6.07) is 3.01. The molecule has 0 amide bonds. The van der Waals surface area contributed by atoms with Crippen LogP contribution in [0.4, 0.5) is 0 Å². The number of oxime groups is 1. The molecule has 0 saturated carbocycles. The first-order chi connectivity index (χ1) is 7.65. The summed E-state index contributed by atoms with van der Waals surface area (Å²) in [4.78, 5) is 11.9. The van der Waals surface area contributed by atoms with Crippen molar-refractivity contribution in [1.29, 1.82) is 0 Å². The van der Waals surface area contributed by atoms with E-state index in [4.69, 9.17) is 33.1 Å². The summed E-state index contributed by atoms with van der Waals surface area (Å²) in [5, 5.41) is 12.2. The van der Waals surface area contributed by atoms with E-state index >= 15 is 0 Å². The maximum atomic E-state index is 11.9. The molecule has 0 aliphatic carbocycles. The van der Waals surface area contributed by atoms with Gasteiger partial charge in [0.15, 0.2) is 5.75 Å². The minimum absolute atomic E-state index is 0.0529. The van der Waals surface area contributed by atoms with Gasteiger partial charge in [-0.05, 0) is 12.1 Å². The number of Topliss-reactive ketones (excluding diaryl/α,β-unsaturated/α-hetero) is 1. The van der Waals surface area contributed by atoms with E-state index in [-0.39, 0.29) is 35.1 Å². The second-order valence-corrected chi connectivity index (χ2v) is 4.00. The molecule has 84 valence electrons. The number of hydrogen-bond acceptors (Lipinski definition) is 4. The molecule has 0 spiro atoms. The third-order valence-electron chi connectivity index (χ3n) is 2.26. The Balaban J connectivity index is 2.61. The van der Waals surface area contributed by atoms with E-state index in [1.54, 1.807) is 0 Å². The topological polar surface area (TPSA) is 58.9 Å². The molecule has 16 heavy (non-hydrogen) atoms. The Morgan fingerprint density at radius 1 is 1.38 bits per heavy atom. The number of carbonyl (C=O) groups excluding carboxylic acids is 1. The molecule has 1 aromatic rings. The number of carbonyl (C=O) groups is 1. The van der Waals surface area contributed by atoms with Gasteiger partial charge in [-0.15, -0.1) is 0 Å². The molecule has 0 aromatic heterocycles. The van der Waals surface area contributed by atoms with E-state index in [0.717, 1.165) is 0 Å². The van der Waals surface area contributed by atoms with Crippen LogP contribution >= 0.6 is 23.2 Å². The molecule has 4 nitrogen and oxygen atoms in total. The van der Waals surface area contributed by atoms with Gasteiger partial charge in [0, 0.05) is 6.42 Å². The van der Waals surface area contributed by atoms with Gasteiger partial charge in [0.1, 0.15) is 10.7 Å². The highest BCUT2D eigenvalue weighted by molar-refractivity contribution is 6.48. The smallest absolute Gasteiger partial charge is 0.214 e. The van der Waals surface area contributed by atoms with E-state index < -0.39 is 5.78 Å². The van der Waals surface area contributed by atoms with Crippen LogP contribution < -0.4 is 4.74 Å². The van der Waals surface area contributed by atoms with Crippen molar-refractivity contribution in [2.75, 3.05) is 6.61 Å². The van der Waals surface area contributed by atoms with E-state index in [2.05, 4.69) is 5.16 Å². The molecule has 0 saturated heterocycles. The van der Waals surface area contributed by atoms with Crippen molar-refractivity contribution in [3.8, 4) is 5.75 Å². The summed E-state index contributed by atoms with van der Waals surface area (Å²) in [5.74, 6) is -0.147. The molecule has 0 fully saturated rings. The Labute approximate surface area is 101 Å². The fraction of sp³-hybridized carbons (Fsp3) is 0.200. The van der Waals surface area contributed by atoms with E-state index in [1.165, 1.54) is 12.1 Å². The first-order valence-corrected chi connectivity index (χ1v) is 5.27. The summed E-state index contributed by atoms with van der Waals surface area (Å²) >= 11 is 11.7. The minimum atomic E-state index is -0.395. The highest BCUT2D eigenvalue weighted by Crippen LogP contribution is 2.36. The lowest BCUT2D eigenvalue weighted by molar-refractivity contribution is 0.106. The predicted molar refractivity (Wildman–Crippen MR) is 60.1 cm³/mol. The molecule has 1 aliphatic rings. The minimum Gasteiger partial charge on any atom is -0.491 e. The highest BCUT2D eigenvalue weighted by Gasteiger charge is 2.25. The lowest BCUT2D eigenvalue weighted by Gasteiger charge is -2.08. The number of fused-ring (bicyclic) bond motifs is 1. The third-order valence-corrected chi connectivity index (χ3v) is 3.05. The lowest BCUT2D eigenvalue weighted by atomic mass is 10.1. The Kier molecular flexibility index (Phi) is 3.03. The average Bonchev–Trinajstić information content (AvgIpc) is 2.44. The van der Waals surface area contributed by atoms with Crippen LogP contribution in [-0.2, 0) is 0 Å². The third kappa shape index (κ3) is 1.74. The Bertz CT molecular complexity index is 485. The maximum absolute atomic E-state index is 11.9. The SMILES string of the molecule is O=C1/C(=N\O)CCOc2c1ccc(Cl)c2Cl. The Morgan fingerprint density at radius 3 is 2.81 bits per heavy atom. The molecule has 0 atom stereocenters. The molecule has 6 heteroatoms. The molecular weight excluding hydrogens is 253 g/mol. The zero-order chi connectivity index (χ0) is 11.7. The Morgan fingerprint density at radius 2 is 2.12 bits per heavy atom. The van der Waals surface area contributed by atoms with Crippen LogP contribution in [0.2, 0.25) is 10.0 Å². The van der Waals surface area contributed by atoms with E-state index in [0.29, 0.717) is 5.02 Å². The van der Waals surface area contributed by atoms with Crippen molar-refractivity contribution in [1.82, 2.24) is 0 Å². The second kappa shape index (κ2) is 4.31. The number of benzene rings is 1. The van der Waals surface area contributed by atoms with Crippen LogP contribution in [0, 0.1) is 0 Å². The molecule has 1 aliphatic heterocycles. The molecule has 2 rings (SSSR count). The lowest BCUT2D eigenvalue weighted by Crippen LogP contribution is -2.13. The van der Waals surface area contributed by atoms with Crippen LogP contribution in [-0.4, -0.2) is 23.3 Å². The van der Waals surface area contributed by atoms with Gasteiger partial charge in [-0.3, -0.25) is 4.79 Å². The van der Waals surface area contributed by atoms with Crippen molar-refractivity contribution in [2.45, 2.75) is 6.42 Å². The largest absolute Gasteiger partial charge is 0.491 e. The first-order valence-electron chi connectivity index (χ1n) is 4.51. The van der Waals surface area contributed by atoms with Crippen LogP contribution in [0.5, 0.6) is 5.75 Å². The zero-order valence-electron chi connectivity index (χ0n) is 8.04. The van der Waals surface area contributed by atoms with Crippen molar-refractivity contribution in [2.24, 2.45) is 5.16 Å². The second-order valence-electron chi connectivity index (χ2n) is 3.21. The molecule has 0 bridgehead atoms. The number of ketones is 1. The number of ether oxygens (including phenoxy) is 1. The fourth-order valence-corrected chi connectivity index (χ4v) is 1.83. The van der Waals surface area contributed by atoms with Crippen molar-refractivity contribution in [3.05, 3.63) is 27.7 Å². The molecule has 1 aromatic carbocycles. The van der Waals surface area contributed by atoms with Crippen LogP contribution in [0.25, 0.3) is 0 Å². The van der Waals surface area contributed by atoms with Gasteiger partial charge in [-0.1, -0.05) is 28.4 Å². The number of halogens is 2. The van der Waals surface area contributed by atoms with Crippen molar-refractivity contribution in [3.63, 3.8) is 0 Å². The van der Waals surface area contributed by atoms with Gasteiger partial charge in [0.25, 0.3) is 0 Å². The van der Waals surface area contributed by atoms with E-state index in [1.807, 2.05) is 0 Å². The summed E-state index contributed by atoms with van der Waals surface area (Å²) in [7, 11) is 0. The normalized spacial score (nSPS) is 17.9. The molecule has 1 heterocycles. The van der Waals surface area contributed by atoms with Crippen LogP contribution in [0.1, 0.15) is 16.8 Å². The number of hydrogen-bond donors (Lipinski definition) is 1. The van der Waals surface area contributed by atoms with Gasteiger partial charge in [0.05, 0.1) is 17.2 Å². The fourth-order valence-electron chi connectivity index (χ4n) is 1.47. The van der Waals surface area contributed by atoms with Gasteiger partial charge < -0.3 is 9.94 Å². The van der Waals surface area contributed by atoms with E-state index in [9.17, 15) is 4.79 Å². The van der Waals surface area contributed by atoms with Gasteiger partial charge in [-0.25, -0.2) is 0 Å². The van der Waals surface area contributed by atoms with Crippen molar-refractivity contribution >= 4 is 34.7 Å². The molecule has 0 unspecified atom stereocenters. The molecular formula is C10H7Cl2NO3. The quantitative estimate of drug-likeness (QED) is 0.576. The van der Waals surface area contributed by atoms with Gasteiger partial charge in [0.2, 0.25) is 5.78 Å². The number of rotatable bonds is 0. The van der Waals surface area contributed by atoms with Crippen molar-refractivity contribution < 1.29 is 14.7 Å². The summed E-state index contributed by atoms with van der Waals surface area (Å²) < 4.78 is 5.33. The molecule has 1 N–H and O–H groups in total. The standard InChI is InChI=1S/C10H7Cl2NO3/c11-6-2-1-5-9(14)7(13-15)3-4-16-10(5)8(6)12/h1-2,15H,3-4H2/b13-7-. The highest BCUT2D eigenvalue weighted by atomic mass is 35.5. The summed E-state index contributed by atoms with van der Waals surface area (Å²) in [6.45, 7) is 0.220. The monoisotopic (exact) mass is 259 g/mol. The number of nitrogens with zero attached hydrogens (tertiary/aromatic N) is 1. The van der Waals surface area contributed by atoms with Crippen LogP contribution in [0.15, 0.2) is 17.3 Å². The Hall–Kier alpha value is -1.26.